The molecule has 0 aliphatic carbocycles. The third-order valence-electron chi connectivity index (χ3n) is 3.34. The Bertz CT molecular complexity index is 1010. The van der Waals surface area contributed by atoms with E-state index >= 15 is 0 Å². The Hall–Kier alpha value is -3.07. The third-order valence-corrected chi connectivity index (χ3v) is 5.10. The molecule has 1 aromatic carbocycles. The lowest BCUT2D eigenvalue weighted by Crippen LogP contribution is -2.10. The highest BCUT2D eigenvalue weighted by Crippen LogP contribution is 2.23. The normalized spacial score (nSPS) is 11.4. The van der Waals surface area contributed by atoms with Gasteiger partial charge in [0.2, 0.25) is 9.84 Å². The first kappa shape index (κ1) is 15.8. The van der Waals surface area contributed by atoms with Gasteiger partial charge in [-0.3, -0.25) is 5.32 Å². The lowest BCUT2D eigenvalue weighted by molar-refractivity contribution is 0.187. The molecule has 0 unspecified atom stereocenters. The van der Waals surface area contributed by atoms with E-state index in [2.05, 4.69) is 15.0 Å². The van der Waals surface area contributed by atoms with Crippen molar-refractivity contribution in [1.29, 1.82) is 0 Å². The minimum absolute atomic E-state index is 0.0989. The number of carbonyl (C=O) groups excluding carboxylic acids is 1. The van der Waals surface area contributed by atoms with Crippen LogP contribution in [0, 0.1) is 0 Å². The fourth-order valence-corrected chi connectivity index (χ4v) is 3.40. The highest BCUT2D eigenvalue weighted by atomic mass is 32.2. The average molecular weight is 346 g/mol. The van der Waals surface area contributed by atoms with Crippen LogP contribution in [0.15, 0.2) is 58.6 Å². The Balaban J connectivity index is 2.00. The number of carbonyl (C=O) groups is 1. The molecule has 0 saturated carbocycles. The Morgan fingerprint density at radius 1 is 1.12 bits per heavy atom. The number of anilines is 2. The predicted molar refractivity (Wildman–Crippen MR) is 87.5 cm³/mol. The summed E-state index contributed by atoms with van der Waals surface area (Å²) in [6.07, 6.45) is 2.26. The standard InChI is InChI=1S/C15H14N4O4S/c1-23-15(20)18-13-9-19-8-12(6-7-14(19)17-13)24(21,22)11-4-2-10(16)3-5-11/h2-9H,16H2,1H3,(H,18,20). The van der Waals surface area contributed by atoms with Crippen LogP contribution in [0.2, 0.25) is 0 Å². The SMILES string of the molecule is COC(=O)Nc1cn2cc(S(=O)(=O)c3ccc(N)cc3)ccc2n1. The quantitative estimate of drug-likeness (QED) is 0.700. The number of rotatable bonds is 3. The number of ether oxygens (including phenoxy) is 1. The van der Waals surface area contributed by atoms with Crippen LogP contribution in [0.25, 0.3) is 5.65 Å². The van der Waals surface area contributed by atoms with Gasteiger partial charge in [-0.05, 0) is 36.4 Å². The summed E-state index contributed by atoms with van der Waals surface area (Å²) in [6.45, 7) is 0. The van der Waals surface area contributed by atoms with Crippen molar-refractivity contribution >= 4 is 33.1 Å². The second-order valence-corrected chi connectivity index (χ2v) is 6.90. The highest BCUT2D eigenvalue weighted by molar-refractivity contribution is 7.91. The number of nitrogen functional groups attached to an aromatic ring is 1. The van der Waals surface area contributed by atoms with Crippen LogP contribution in [0.1, 0.15) is 0 Å². The van der Waals surface area contributed by atoms with E-state index in [1.165, 1.54) is 54.2 Å². The van der Waals surface area contributed by atoms with Crippen molar-refractivity contribution in [3.05, 3.63) is 48.8 Å². The van der Waals surface area contributed by atoms with Gasteiger partial charge in [0.05, 0.1) is 23.1 Å². The second-order valence-electron chi connectivity index (χ2n) is 4.95. The molecule has 8 nitrogen and oxygen atoms in total. The van der Waals surface area contributed by atoms with Crippen molar-refractivity contribution in [1.82, 2.24) is 9.38 Å². The minimum atomic E-state index is -3.68. The number of benzene rings is 1. The van der Waals surface area contributed by atoms with E-state index in [0.717, 1.165) is 0 Å². The number of pyridine rings is 1. The van der Waals surface area contributed by atoms with E-state index in [1.54, 1.807) is 6.07 Å². The van der Waals surface area contributed by atoms with Crippen molar-refractivity contribution in [2.45, 2.75) is 9.79 Å². The van der Waals surface area contributed by atoms with E-state index in [-0.39, 0.29) is 15.6 Å². The fraction of sp³-hybridized carbons (Fsp3) is 0.0667. The summed E-state index contributed by atoms with van der Waals surface area (Å²) in [5, 5.41) is 2.42. The number of nitrogens with one attached hydrogen (secondary N) is 1. The molecular formula is C15H14N4O4S. The number of methoxy groups -OCH3 is 1. The van der Waals surface area contributed by atoms with Crippen molar-refractivity contribution in [2.75, 3.05) is 18.2 Å². The van der Waals surface area contributed by atoms with E-state index in [0.29, 0.717) is 11.3 Å². The Kier molecular flexibility index (Phi) is 3.86. The van der Waals surface area contributed by atoms with Gasteiger partial charge in [-0.15, -0.1) is 0 Å². The molecule has 24 heavy (non-hydrogen) atoms. The summed E-state index contributed by atoms with van der Waals surface area (Å²) in [6, 6.07) is 8.96. The van der Waals surface area contributed by atoms with E-state index in [4.69, 9.17) is 5.73 Å². The monoisotopic (exact) mass is 346 g/mol. The number of fused-ring (bicyclic) bond motifs is 1. The van der Waals surface area contributed by atoms with Crippen LogP contribution in [-0.4, -0.2) is 31.0 Å². The topological polar surface area (TPSA) is 116 Å². The number of nitrogens with zero attached hydrogens (tertiary/aromatic N) is 2. The lowest BCUT2D eigenvalue weighted by Gasteiger charge is -2.05. The summed E-state index contributed by atoms with van der Waals surface area (Å²) in [7, 11) is -2.44. The summed E-state index contributed by atoms with van der Waals surface area (Å²) in [5.41, 5.74) is 6.55. The van der Waals surface area contributed by atoms with Crippen LogP contribution in [0.3, 0.4) is 0 Å². The van der Waals surface area contributed by atoms with Crippen LogP contribution in [-0.2, 0) is 14.6 Å². The first-order valence-corrected chi connectivity index (χ1v) is 8.33. The Morgan fingerprint density at radius 2 is 1.79 bits per heavy atom. The Morgan fingerprint density at radius 3 is 2.46 bits per heavy atom. The minimum Gasteiger partial charge on any atom is -0.453 e. The maximum Gasteiger partial charge on any atom is 0.412 e. The average Bonchev–Trinajstić information content (AvgIpc) is 2.96. The molecule has 2 aromatic heterocycles. The number of aromatic nitrogens is 2. The maximum atomic E-state index is 12.7. The fourth-order valence-electron chi connectivity index (χ4n) is 2.13. The van der Waals surface area contributed by atoms with Gasteiger partial charge in [-0.1, -0.05) is 0 Å². The second kappa shape index (κ2) is 5.85. The van der Waals surface area contributed by atoms with Crippen LogP contribution in [0.4, 0.5) is 16.3 Å². The zero-order valence-electron chi connectivity index (χ0n) is 12.6. The van der Waals surface area contributed by atoms with Gasteiger partial charge in [0, 0.05) is 11.9 Å². The molecule has 9 heteroatoms. The molecule has 2 heterocycles. The zero-order valence-corrected chi connectivity index (χ0v) is 13.4. The zero-order chi connectivity index (χ0) is 17.3. The molecule has 124 valence electrons. The van der Waals surface area contributed by atoms with Crippen molar-refractivity contribution < 1.29 is 17.9 Å². The van der Waals surface area contributed by atoms with Gasteiger partial charge in [0.1, 0.15) is 5.65 Å². The van der Waals surface area contributed by atoms with Crippen LogP contribution < -0.4 is 11.1 Å². The molecule has 0 fully saturated rings. The van der Waals surface area contributed by atoms with Gasteiger partial charge in [0.15, 0.2) is 5.82 Å². The van der Waals surface area contributed by atoms with E-state index in [9.17, 15) is 13.2 Å². The number of hydrogen-bond acceptors (Lipinski definition) is 6. The molecule has 0 atom stereocenters. The van der Waals surface area contributed by atoms with Gasteiger partial charge in [-0.2, -0.15) is 0 Å². The summed E-state index contributed by atoms with van der Waals surface area (Å²) >= 11 is 0. The van der Waals surface area contributed by atoms with E-state index < -0.39 is 15.9 Å². The number of amides is 1. The summed E-state index contributed by atoms with van der Waals surface area (Å²) < 4.78 is 31.3. The van der Waals surface area contributed by atoms with Crippen LogP contribution >= 0.6 is 0 Å². The smallest absolute Gasteiger partial charge is 0.412 e. The van der Waals surface area contributed by atoms with Crippen molar-refractivity contribution in [3.8, 4) is 0 Å². The predicted octanol–water partition coefficient (Wildman–Crippen LogP) is 1.93. The first-order chi connectivity index (χ1) is 11.4. The first-order valence-electron chi connectivity index (χ1n) is 6.84. The van der Waals surface area contributed by atoms with Crippen LogP contribution in [0.5, 0.6) is 0 Å². The summed E-state index contributed by atoms with van der Waals surface area (Å²) in [4.78, 5) is 15.6. The largest absolute Gasteiger partial charge is 0.453 e. The van der Waals surface area contributed by atoms with E-state index in [1.807, 2.05) is 0 Å². The van der Waals surface area contributed by atoms with Crippen molar-refractivity contribution in [3.63, 3.8) is 0 Å². The van der Waals surface area contributed by atoms with Gasteiger partial charge >= 0.3 is 6.09 Å². The van der Waals surface area contributed by atoms with Gasteiger partial charge in [-0.25, -0.2) is 18.2 Å². The number of hydrogen-bond donors (Lipinski definition) is 2. The molecule has 3 aromatic rings. The molecular weight excluding hydrogens is 332 g/mol. The molecule has 3 rings (SSSR count). The third kappa shape index (κ3) is 2.88. The molecule has 0 spiro atoms. The summed E-state index contributed by atoms with van der Waals surface area (Å²) in [5.74, 6) is 0.254. The Labute approximate surface area is 137 Å². The molecule has 0 aliphatic heterocycles. The molecule has 3 N–H and O–H groups in total. The van der Waals surface area contributed by atoms with Gasteiger partial charge in [0.25, 0.3) is 0 Å². The number of nitrogens with two attached hydrogens (primary N) is 1. The van der Waals surface area contributed by atoms with Crippen molar-refractivity contribution in [2.24, 2.45) is 0 Å². The molecule has 0 aliphatic rings. The maximum absolute atomic E-state index is 12.7. The molecule has 0 radical (unpaired) electrons. The molecule has 0 saturated heterocycles. The lowest BCUT2D eigenvalue weighted by atomic mass is 10.3. The van der Waals surface area contributed by atoms with Gasteiger partial charge < -0.3 is 14.9 Å². The number of imidazole rings is 1. The highest BCUT2D eigenvalue weighted by Gasteiger charge is 2.18. The molecule has 1 amide bonds. The molecule has 0 bridgehead atoms. The number of sulfone groups is 1.